The number of carbonyl (C=O) groups excluding carboxylic acids is 3. The van der Waals surface area contributed by atoms with Gasteiger partial charge in [0.15, 0.2) is 5.78 Å². The molecule has 0 fully saturated rings. The Labute approximate surface area is 228 Å². The quantitative estimate of drug-likeness (QED) is 0.0729. The van der Waals surface area contributed by atoms with Crippen molar-refractivity contribution in [3.8, 4) is 0 Å². The summed E-state index contributed by atoms with van der Waals surface area (Å²) >= 11 is 0. The standard InChI is InChI=1S/C31H59NO5/c1-6-8-10-12-14-16-18-20-22-24-28(33)31(26-29(34)35,27-32(3,4)5)37-30(36)25-23-21-19-17-15-13-11-9-7-2/h6-27H2,1-5H3. The molecule has 0 aromatic rings. The summed E-state index contributed by atoms with van der Waals surface area (Å²) in [6.07, 6.45) is 20.3. The third kappa shape index (κ3) is 20.2. The second kappa shape index (κ2) is 21.5. The number of hydrogen-bond donors (Lipinski definition) is 0. The summed E-state index contributed by atoms with van der Waals surface area (Å²) < 4.78 is 6.09. The van der Waals surface area contributed by atoms with Gasteiger partial charge in [0.05, 0.1) is 21.1 Å². The number of likely N-dealkylation sites (N-methyl/N-ethyl adjacent to an activating group) is 1. The molecule has 0 rings (SSSR count). The monoisotopic (exact) mass is 525 g/mol. The van der Waals surface area contributed by atoms with Crippen molar-refractivity contribution < 1.29 is 28.7 Å². The molecule has 0 saturated heterocycles. The molecule has 0 spiro atoms. The van der Waals surface area contributed by atoms with E-state index in [0.717, 1.165) is 32.1 Å². The van der Waals surface area contributed by atoms with Gasteiger partial charge in [0, 0.05) is 25.2 Å². The molecule has 0 radical (unpaired) electrons. The average molecular weight is 526 g/mol. The molecule has 218 valence electrons. The smallest absolute Gasteiger partial charge is 0.307 e. The number of rotatable bonds is 26. The molecule has 37 heavy (non-hydrogen) atoms. The minimum absolute atomic E-state index is 0.126. The van der Waals surface area contributed by atoms with Gasteiger partial charge in [-0.05, 0) is 12.8 Å². The second-order valence-corrected chi connectivity index (χ2v) is 12.0. The van der Waals surface area contributed by atoms with E-state index in [-0.39, 0.29) is 25.2 Å². The number of unbranched alkanes of at least 4 members (excludes halogenated alkanes) is 16. The predicted molar refractivity (Wildman–Crippen MR) is 150 cm³/mol. The highest BCUT2D eigenvalue weighted by Crippen LogP contribution is 2.26. The normalized spacial score (nSPS) is 13.3. The van der Waals surface area contributed by atoms with Gasteiger partial charge in [0.25, 0.3) is 0 Å². The highest BCUT2D eigenvalue weighted by Gasteiger charge is 2.46. The molecular weight excluding hydrogens is 466 g/mol. The summed E-state index contributed by atoms with van der Waals surface area (Å²) in [5.41, 5.74) is -1.66. The second-order valence-electron chi connectivity index (χ2n) is 12.0. The van der Waals surface area contributed by atoms with E-state index in [1.807, 2.05) is 21.1 Å². The number of carboxylic acid groups (broad SMARTS) is 1. The number of nitrogens with zero attached hydrogens (tertiary/aromatic N) is 1. The van der Waals surface area contributed by atoms with Crippen LogP contribution in [0.4, 0.5) is 0 Å². The van der Waals surface area contributed by atoms with Crippen LogP contribution in [0.15, 0.2) is 0 Å². The third-order valence-electron chi connectivity index (χ3n) is 6.97. The summed E-state index contributed by atoms with van der Waals surface area (Å²) in [6, 6.07) is 0. The number of esters is 1. The highest BCUT2D eigenvalue weighted by molar-refractivity contribution is 5.93. The molecule has 0 bridgehead atoms. The zero-order chi connectivity index (χ0) is 28.0. The zero-order valence-corrected chi connectivity index (χ0v) is 25.0. The Morgan fingerprint density at radius 2 is 1.00 bits per heavy atom. The van der Waals surface area contributed by atoms with Gasteiger partial charge in [-0.15, -0.1) is 0 Å². The molecule has 0 aliphatic rings. The fourth-order valence-corrected chi connectivity index (χ4v) is 5.04. The van der Waals surface area contributed by atoms with E-state index in [1.54, 1.807) is 0 Å². The van der Waals surface area contributed by atoms with E-state index >= 15 is 0 Å². The Kier molecular flexibility index (Phi) is 20.7. The first-order chi connectivity index (χ1) is 17.6. The average Bonchev–Trinajstić information content (AvgIpc) is 2.80. The minimum Gasteiger partial charge on any atom is -0.550 e. The summed E-state index contributed by atoms with van der Waals surface area (Å²) in [4.78, 5) is 37.8. The van der Waals surface area contributed by atoms with Gasteiger partial charge >= 0.3 is 5.97 Å². The SMILES string of the molecule is CCCCCCCCCCCC(=O)OC(CC(=O)[O-])(C[N+](C)(C)C)C(=O)CCCCCCCCCCC. The summed E-state index contributed by atoms with van der Waals surface area (Å²) in [5, 5.41) is 11.7. The number of carbonyl (C=O) groups is 3. The van der Waals surface area contributed by atoms with Crippen LogP contribution in [0.25, 0.3) is 0 Å². The van der Waals surface area contributed by atoms with Crippen LogP contribution in [0.1, 0.15) is 149 Å². The molecule has 0 aliphatic heterocycles. The minimum atomic E-state index is -1.66. The van der Waals surface area contributed by atoms with Gasteiger partial charge in [-0.25, -0.2) is 0 Å². The van der Waals surface area contributed by atoms with Crippen molar-refractivity contribution in [2.45, 2.75) is 154 Å². The molecule has 0 aliphatic carbocycles. The molecule has 6 heteroatoms. The van der Waals surface area contributed by atoms with Crippen LogP contribution >= 0.6 is 0 Å². The van der Waals surface area contributed by atoms with E-state index in [0.29, 0.717) is 17.3 Å². The topological polar surface area (TPSA) is 83.5 Å². The Bertz CT molecular complexity index is 613. The first kappa shape index (κ1) is 35.6. The van der Waals surface area contributed by atoms with Crippen LogP contribution in [0.3, 0.4) is 0 Å². The lowest BCUT2D eigenvalue weighted by atomic mass is 9.89. The molecule has 1 atom stereocenters. The first-order valence-electron chi connectivity index (χ1n) is 15.3. The lowest BCUT2D eigenvalue weighted by Crippen LogP contribution is -2.58. The van der Waals surface area contributed by atoms with Crippen molar-refractivity contribution in [1.29, 1.82) is 0 Å². The van der Waals surface area contributed by atoms with E-state index in [9.17, 15) is 19.5 Å². The van der Waals surface area contributed by atoms with Crippen LogP contribution in [-0.4, -0.2) is 55.5 Å². The summed E-state index contributed by atoms with van der Waals surface area (Å²) in [7, 11) is 5.64. The van der Waals surface area contributed by atoms with Gasteiger partial charge in [0.2, 0.25) is 5.60 Å². The zero-order valence-electron chi connectivity index (χ0n) is 25.0. The van der Waals surface area contributed by atoms with Crippen LogP contribution in [-0.2, 0) is 19.1 Å². The fourth-order valence-electron chi connectivity index (χ4n) is 5.04. The van der Waals surface area contributed by atoms with Crippen molar-refractivity contribution in [2.24, 2.45) is 0 Å². The van der Waals surface area contributed by atoms with Gasteiger partial charge in [-0.1, -0.05) is 117 Å². The Balaban J connectivity index is 4.77. The predicted octanol–water partition coefficient (Wildman–Crippen LogP) is 6.53. The number of ether oxygens (including phenoxy) is 1. The van der Waals surface area contributed by atoms with E-state index in [2.05, 4.69) is 13.8 Å². The maximum absolute atomic E-state index is 13.4. The van der Waals surface area contributed by atoms with Gasteiger partial charge in [-0.2, -0.15) is 0 Å². The number of Topliss-reactive ketones (excluding diaryl/α,β-unsaturated/α-hetero) is 1. The van der Waals surface area contributed by atoms with Crippen molar-refractivity contribution in [1.82, 2.24) is 0 Å². The van der Waals surface area contributed by atoms with Crippen molar-refractivity contribution in [3.05, 3.63) is 0 Å². The fraction of sp³-hybridized carbons (Fsp3) is 0.903. The number of aliphatic carboxylic acids is 1. The number of hydrogen-bond acceptors (Lipinski definition) is 5. The van der Waals surface area contributed by atoms with Crippen LogP contribution in [0.5, 0.6) is 0 Å². The molecule has 1 unspecified atom stereocenters. The molecule has 0 heterocycles. The molecule has 0 N–H and O–H groups in total. The largest absolute Gasteiger partial charge is 0.550 e. The molecule has 0 saturated carbocycles. The first-order valence-corrected chi connectivity index (χ1v) is 15.3. The van der Waals surface area contributed by atoms with Crippen molar-refractivity contribution in [2.75, 3.05) is 27.7 Å². The van der Waals surface area contributed by atoms with Crippen LogP contribution < -0.4 is 5.11 Å². The molecule has 0 aromatic heterocycles. The number of quaternary nitrogens is 1. The molecule has 0 aromatic carbocycles. The highest BCUT2D eigenvalue weighted by atomic mass is 16.6. The van der Waals surface area contributed by atoms with Crippen molar-refractivity contribution >= 4 is 17.7 Å². The lowest BCUT2D eigenvalue weighted by Gasteiger charge is -2.38. The summed E-state index contributed by atoms with van der Waals surface area (Å²) in [6.45, 7) is 4.55. The van der Waals surface area contributed by atoms with Gasteiger partial charge < -0.3 is 19.1 Å². The molecule has 6 nitrogen and oxygen atoms in total. The summed E-state index contributed by atoms with van der Waals surface area (Å²) in [5.74, 6) is -2.11. The van der Waals surface area contributed by atoms with Crippen LogP contribution in [0.2, 0.25) is 0 Å². The van der Waals surface area contributed by atoms with E-state index in [1.165, 1.54) is 70.6 Å². The molecule has 0 amide bonds. The third-order valence-corrected chi connectivity index (χ3v) is 6.97. The molecular formula is C31H59NO5. The van der Waals surface area contributed by atoms with E-state index < -0.39 is 24.0 Å². The van der Waals surface area contributed by atoms with Crippen LogP contribution in [0, 0.1) is 0 Å². The maximum Gasteiger partial charge on any atom is 0.307 e. The number of ketones is 1. The van der Waals surface area contributed by atoms with Crippen molar-refractivity contribution in [3.63, 3.8) is 0 Å². The Morgan fingerprint density at radius 1 is 0.622 bits per heavy atom. The Morgan fingerprint density at radius 3 is 1.38 bits per heavy atom. The van der Waals surface area contributed by atoms with E-state index in [4.69, 9.17) is 4.74 Å². The Hall–Kier alpha value is -1.43. The number of carboxylic acids is 1. The maximum atomic E-state index is 13.4. The van der Waals surface area contributed by atoms with Gasteiger partial charge in [-0.3, -0.25) is 9.59 Å². The van der Waals surface area contributed by atoms with Gasteiger partial charge in [0.1, 0.15) is 6.54 Å². The lowest BCUT2D eigenvalue weighted by molar-refractivity contribution is -0.875.